The molecule has 0 aliphatic rings. The molecule has 0 saturated heterocycles. The van der Waals surface area contributed by atoms with Gasteiger partial charge in [0, 0.05) is 5.69 Å². The molecule has 0 spiro atoms. The first kappa shape index (κ1) is 19.1. The number of anilines is 1. The third-order valence-electron chi connectivity index (χ3n) is 3.81. The zero-order valence-corrected chi connectivity index (χ0v) is 16.1. The number of para-hydroxylation sites is 1. The first-order valence-corrected chi connectivity index (χ1v) is 8.98. The minimum atomic E-state index is 0.0406. The van der Waals surface area contributed by atoms with Gasteiger partial charge in [-0.05, 0) is 69.2 Å². The Bertz CT molecular complexity index is 719. The molecule has 4 nitrogen and oxygen atoms in total. The van der Waals surface area contributed by atoms with Crippen molar-refractivity contribution in [3.05, 3.63) is 53.6 Å². The molecule has 0 amide bonds. The van der Waals surface area contributed by atoms with Gasteiger partial charge in [0.2, 0.25) is 0 Å². The van der Waals surface area contributed by atoms with Gasteiger partial charge in [-0.3, -0.25) is 0 Å². The van der Waals surface area contributed by atoms with Gasteiger partial charge in [-0.1, -0.05) is 24.3 Å². The van der Waals surface area contributed by atoms with E-state index in [0.29, 0.717) is 18.3 Å². The minimum Gasteiger partial charge on any atom is -0.490 e. The van der Waals surface area contributed by atoms with Crippen LogP contribution in [0.2, 0.25) is 0 Å². The second kappa shape index (κ2) is 9.28. The lowest BCUT2D eigenvalue weighted by Gasteiger charge is -2.20. The van der Waals surface area contributed by atoms with E-state index in [0.717, 1.165) is 28.3 Å². The van der Waals surface area contributed by atoms with Crippen molar-refractivity contribution in [1.29, 1.82) is 0 Å². The standard InChI is InChI=1S/C20H26N2O2S/c1-5-23-18-12-11-16(13-19(18)24-6-2)15(4)21-20(25)22-17-10-8-7-9-14(17)3/h7-13,15H,5-6H2,1-4H3,(H2,21,22,25)/t15-/m0/s1. The van der Waals surface area contributed by atoms with E-state index in [9.17, 15) is 0 Å². The van der Waals surface area contributed by atoms with E-state index in [1.165, 1.54) is 0 Å². The number of nitrogens with one attached hydrogen (secondary N) is 2. The summed E-state index contributed by atoms with van der Waals surface area (Å²) in [5, 5.41) is 7.15. The molecule has 0 bridgehead atoms. The van der Waals surface area contributed by atoms with Gasteiger partial charge in [-0.25, -0.2) is 0 Å². The molecular weight excluding hydrogens is 332 g/mol. The highest BCUT2D eigenvalue weighted by Gasteiger charge is 2.12. The number of aryl methyl sites for hydroxylation is 1. The summed E-state index contributed by atoms with van der Waals surface area (Å²) in [6.07, 6.45) is 0. The number of hydrogen-bond donors (Lipinski definition) is 2. The summed E-state index contributed by atoms with van der Waals surface area (Å²) in [4.78, 5) is 0. The van der Waals surface area contributed by atoms with Crippen LogP contribution in [0.25, 0.3) is 0 Å². The van der Waals surface area contributed by atoms with Crippen molar-refractivity contribution in [2.24, 2.45) is 0 Å². The fourth-order valence-corrected chi connectivity index (χ4v) is 2.78. The maximum absolute atomic E-state index is 5.70. The third kappa shape index (κ3) is 5.36. The van der Waals surface area contributed by atoms with Crippen molar-refractivity contribution in [2.45, 2.75) is 33.7 Å². The zero-order valence-electron chi connectivity index (χ0n) is 15.3. The summed E-state index contributed by atoms with van der Waals surface area (Å²) in [7, 11) is 0. The van der Waals surface area contributed by atoms with E-state index in [2.05, 4.69) is 30.5 Å². The summed E-state index contributed by atoms with van der Waals surface area (Å²) >= 11 is 5.45. The molecule has 2 aromatic carbocycles. The molecule has 134 valence electrons. The summed E-state index contributed by atoms with van der Waals surface area (Å²) in [6, 6.07) is 14.1. The number of thiocarbonyl (C=S) groups is 1. The van der Waals surface area contributed by atoms with E-state index in [-0.39, 0.29) is 6.04 Å². The van der Waals surface area contributed by atoms with Crippen LogP contribution in [0, 0.1) is 6.92 Å². The molecule has 0 aromatic heterocycles. The van der Waals surface area contributed by atoms with Gasteiger partial charge in [0.05, 0.1) is 19.3 Å². The second-order valence-corrected chi connectivity index (χ2v) is 6.12. The Morgan fingerprint density at radius 1 is 1.04 bits per heavy atom. The van der Waals surface area contributed by atoms with Crippen molar-refractivity contribution >= 4 is 23.0 Å². The minimum absolute atomic E-state index is 0.0406. The molecular formula is C20H26N2O2S. The smallest absolute Gasteiger partial charge is 0.171 e. The summed E-state index contributed by atoms with van der Waals surface area (Å²) in [5.41, 5.74) is 3.24. The predicted molar refractivity (Wildman–Crippen MR) is 108 cm³/mol. The molecule has 1 atom stereocenters. The fourth-order valence-electron chi connectivity index (χ4n) is 2.49. The molecule has 2 N–H and O–H groups in total. The van der Waals surface area contributed by atoms with Crippen LogP contribution < -0.4 is 20.1 Å². The molecule has 0 aliphatic heterocycles. The van der Waals surface area contributed by atoms with Crippen molar-refractivity contribution in [3.63, 3.8) is 0 Å². The van der Waals surface area contributed by atoms with Crippen LogP contribution in [0.4, 0.5) is 5.69 Å². The Balaban J connectivity index is 2.06. The van der Waals surface area contributed by atoms with Gasteiger partial charge >= 0.3 is 0 Å². The van der Waals surface area contributed by atoms with Crippen LogP contribution >= 0.6 is 12.2 Å². The average Bonchev–Trinajstić information content (AvgIpc) is 2.59. The van der Waals surface area contributed by atoms with Gasteiger partial charge < -0.3 is 20.1 Å². The van der Waals surface area contributed by atoms with Crippen molar-refractivity contribution in [1.82, 2.24) is 5.32 Å². The molecule has 25 heavy (non-hydrogen) atoms. The highest BCUT2D eigenvalue weighted by molar-refractivity contribution is 7.80. The van der Waals surface area contributed by atoms with Gasteiger partial charge in [0.15, 0.2) is 16.6 Å². The van der Waals surface area contributed by atoms with E-state index >= 15 is 0 Å². The summed E-state index contributed by atoms with van der Waals surface area (Å²) in [6.45, 7) is 9.25. The second-order valence-electron chi connectivity index (χ2n) is 5.71. The normalized spacial score (nSPS) is 11.5. The van der Waals surface area contributed by atoms with E-state index in [1.54, 1.807) is 0 Å². The lowest BCUT2D eigenvalue weighted by Crippen LogP contribution is -2.31. The van der Waals surface area contributed by atoms with Gasteiger partial charge in [-0.15, -0.1) is 0 Å². The predicted octanol–water partition coefficient (Wildman–Crippen LogP) is 4.84. The van der Waals surface area contributed by atoms with Crippen LogP contribution in [-0.2, 0) is 0 Å². The van der Waals surface area contributed by atoms with Gasteiger partial charge in [-0.2, -0.15) is 0 Å². The molecule has 0 heterocycles. The largest absolute Gasteiger partial charge is 0.490 e. The third-order valence-corrected chi connectivity index (χ3v) is 4.03. The van der Waals surface area contributed by atoms with Crippen LogP contribution in [-0.4, -0.2) is 18.3 Å². The number of rotatable bonds is 7. The fraction of sp³-hybridized carbons (Fsp3) is 0.350. The van der Waals surface area contributed by atoms with Crippen molar-refractivity contribution < 1.29 is 9.47 Å². The van der Waals surface area contributed by atoms with Crippen LogP contribution in [0.1, 0.15) is 37.9 Å². The van der Waals surface area contributed by atoms with E-state index in [4.69, 9.17) is 21.7 Å². The lowest BCUT2D eigenvalue weighted by atomic mass is 10.1. The monoisotopic (exact) mass is 358 g/mol. The topological polar surface area (TPSA) is 42.5 Å². The van der Waals surface area contributed by atoms with Crippen LogP contribution in [0.5, 0.6) is 11.5 Å². The van der Waals surface area contributed by atoms with Crippen molar-refractivity contribution in [3.8, 4) is 11.5 Å². The number of hydrogen-bond acceptors (Lipinski definition) is 3. The quantitative estimate of drug-likeness (QED) is 0.693. The molecule has 5 heteroatoms. The Morgan fingerprint density at radius 2 is 1.72 bits per heavy atom. The maximum Gasteiger partial charge on any atom is 0.171 e. The zero-order chi connectivity index (χ0) is 18.2. The number of benzene rings is 2. The molecule has 2 rings (SSSR count). The summed E-state index contributed by atoms with van der Waals surface area (Å²) in [5.74, 6) is 1.52. The first-order valence-electron chi connectivity index (χ1n) is 8.57. The molecule has 0 saturated carbocycles. The Kier molecular flexibility index (Phi) is 7.07. The highest BCUT2D eigenvalue weighted by Crippen LogP contribution is 2.30. The summed E-state index contributed by atoms with van der Waals surface area (Å²) < 4.78 is 11.3. The Labute approximate surface area is 155 Å². The highest BCUT2D eigenvalue weighted by atomic mass is 32.1. The molecule has 0 unspecified atom stereocenters. The van der Waals surface area contributed by atoms with Gasteiger partial charge in [0.1, 0.15) is 0 Å². The molecule has 0 radical (unpaired) electrons. The number of ether oxygens (including phenoxy) is 2. The van der Waals surface area contributed by atoms with Gasteiger partial charge in [0.25, 0.3) is 0 Å². The van der Waals surface area contributed by atoms with E-state index in [1.807, 2.05) is 50.2 Å². The Hall–Kier alpha value is -2.27. The maximum atomic E-state index is 5.70. The lowest BCUT2D eigenvalue weighted by molar-refractivity contribution is 0.287. The van der Waals surface area contributed by atoms with Crippen molar-refractivity contribution in [2.75, 3.05) is 18.5 Å². The van der Waals surface area contributed by atoms with Crippen LogP contribution in [0.3, 0.4) is 0 Å². The first-order chi connectivity index (χ1) is 12.0. The SMILES string of the molecule is CCOc1ccc([C@H](C)NC(=S)Nc2ccccc2C)cc1OCC. The van der Waals surface area contributed by atoms with Crippen LogP contribution in [0.15, 0.2) is 42.5 Å². The van der Waals surface area contributed by atoms with E-state index < -0.39 is 0 Å². The molecule has 2 aromatic rings. The molecule has 0 fully saturated rings. The average molecular weight is 359 g/mol. The Morgan fingerprint density at radius 3 is 2.40 bits per heavy atom. The molecule has 0 aliphatic carbocycles.